The average Bonchev–Trinajstić information content (AvgIpc) is 2.75. The van der Waals surface area contributed by atoms with Gasteiger partial charge in [-0.25, -0.2) is 8.70 Å². The lowest BCUT2D eigenvalue weighted by Crippen LogP contribution is -2.55. The molecule has 0 aliphatic heterocycles. The van der Waals surface area contributed by atoms with Gasteiger partial charge in [-0.3, -0.25) is 9.59 Å². The third-order valence-electron chi connectivity index (χ3n) is 5.00. The number of anilines is 1. The summed E-state index contributed by atoms with van der Waals surface area (Å²) in [7, 11) is -1.61. The minimum Gasteiger partial charge on any atom is -0.350 e. The Kier molecular flexibility index (Phi) is 8.79. The molecule has 0 heterocycles. The molecule has 0 aromatic heterocycles. The van der Waals surface area contributed by atoms with E-state index in [4.69, 9.17) is 0 Å². The zero-order valence-electron chi connectivity index (χ0n) is 20.4. The number of amides is 2. The number of benzene rings is 2. The Balaban J connectivity index is 2.46. The van der Waals surface area contributed by atoms with Crippen LogP contribution in [0.2, 0.25) is 0 Å². The maximum Gasteiger partial charge on any atom is 0.304 e. The van der Waals surface area contributed by atoms with Crippen molar-refractivity contribution in [3.8, 4) is 0 Å². The van der Waals surface area contributed by atoms with Crippen LogP contribution in [0, 0.1) is 5.82 Å². The third kappa shape index (κ3) is 7.01. The number of para-hydroxylation sites is 1. The number of hydrogen-bond acceptors (Lipinski definition) is 4. The maximum atomic E-state index is 14.6. The first-order valence-electron chi connectivity index (χ1n) is 10.8. The summed E-state index contributed by atoms with van der Waals surface area (Å²) in [6.45, 7) is 6.45. The lowest BCUT2D eigenvalue weighted by molar-refractivity contribution is -0.140. The van der Waals surface area contributed by atoms with Crippen molar-refractivity contribution in [2.24, 2.45) is 0 Å². The van der Waals surface area contributed by atoms with Crippen LogP contribution in [0.3, 0.4) is 0 Å². The first-order valence-corrected chi connectivity index (χ1v) is 12.2. The van der Waals surface area contributed by atoms with Gasteiger partial charge in [-0.15, -0.1) is 0 Å². The summed E-state index contributed by atoms with van der Waals surface area (Å²) in [5.41, 5.74) is -0.0181. The standard InChI is InChI=1S/C24H33FN4O4S/c1-18(23(31)26-24(2,3)4)28(16-19-12-8-7-9-13-19)22(30)17-29(34(32,33)27(5)6)21-15-11-10-14-20(21)25/h7-15,18H,16-17H2,1-6H3,(H,26,31)/t18-/m0/s1. The topological polar surface area (TPSA) is 90.0 Å². The van der Waals surface area contributed by atoms with Crippen LogP contribution in [0.25, 0.3) is 0 Å². The molecular weight excluding hydrogens is 459 g/mol. The number of nitrogens with one attached hydrogen (secondary N) is 1. The minimum atomic E-state index is -4.21. The summed E-state index contributed by atoms with van der Waals surface area (Å²) in [5.74, 6) is -1.81. The van der Waals surface area contributed by atoms with E-state index in [9.17, 15) is 22.4 Å². The van der Waals surface area contributed by atoms with Crippen molar-refractivity contribution < 1.29 is 22.4 Å². The lowest BCUT2D eigenvalue weighted by Gasteiger charge is -2.34. The predicted octanol–water partition coefficient (Wildman–Crippen LogP) is 2.77. The molecule has 8 nitrogen and oxygen atoms in total. The molecule has 0 unspecified atom stereocenters. The van der Waals surface area contributed by atoms with Gasteiger partial charge >= 0.3 is 10.2 Å². The number of halogens is 1. The molecule has 0 saturated carbocycles. The van der Waals surface area contributed by atoms with E-state index in [0.717, 1.165) is 20.2 Å². The zero-order chi connectivity index (χ0) is 25.7. The van der Waals surface area contributed by atoms with Crippen LogP contribution in [0.4, 0.5) is 10.1 Å². The van der Waals surface area contributed by atoms with E-state index >= 15 is 0 Å². The summed E-state index contributed by atoms with van der Waals surface area (Å²) in [5, 5.41) is 2.85. The highest BCUT2D eigenvalue weighted by Crippen LogP contribution is 2.24. The Morgan fingerprint density at radius 2 is 1.56 bits per heavy atom. The summed E-state index contributed by atoms with van der Waals surface area (Å²) >= 11 is 0. The Morgan fingerprint density at radius 3 is 2.09 bits per heavy atom. The number of rotatable bonds is 9. The SMILES string of the molecule is C[C@@H](C(=O)NC(C)(C)C)N(Cc1ccccc1)C(=O)CN(c1ccccc1F)S(=O)(=O)N(C)C. The van der Waals surface area contributed by atoms with Gasteiger partial charge in [0.25, 0.3) is 0 Å². The lowest BCUT2D eigenvalue weighted by atomic mass is 10.1. The highest BCUT2D eigenvalue weighted by molar-refractivity contribution is 7.90. The van der Waals surface area contributed by atoms with Crippen LogP contribution in [0.1, 0.15) is 33.3 Å². The van der Waals surface area contributed by atoms with E-state index in [0.29, 0.717) is 0 Å². The number of nitrogens with zero attached hydrogens (tertiary/aromatic N) is 3. The first kappa shape index (κ1) is 27.3. The van der Waals surface area contributed by atoms with Crippen molar-refractivity contribution in [3.63, 3.8) is 0 Å². The van der Waals surface area contributed by atoms with Gasteiger partial charge in [0, 0.05) is 26.2 Å². The Bertz CT molecular complexity index is 1100. The molecule has 0 aliphatic rings. The molecule has 1 N–H and O–H groups in total. The van der Waals surface area contributed by atoms with E-state index in [2.05, 4.69) is 5.32 Å². The van der Waals surface area contributed by atoms with Gasteiger partial charge in [-0.2, -0.15) is 12.7 Å². The van der Waals surface area contributed by atoms with Crippen LogP contribution < -0.4 is 9.62 Å². The number of carbonyl (C=O) groups excluding carboxylic acids is 2. The Labute approximate surface area is 201 Å². The monoisotopic (exact) mass is 492 g/mol. The molecule has 0 aliphatic carbocycles. The summed E-state index contributed by atoms with van der Waals surface area (Å²) < 4.78 is 42.3. The fraction of sp³-hybridized carbons (Fsp3) is 0.417. The second-order valence-electron chi connectivity index (χ2n) is 9.17. The van der Waals surface area contributed by atoms with Gasteiger partial charge in [-0.1, -0.05) is 42.5 Å². The molecule has 0 saturated heterocycles. The molecule has 34 heavy (non-hydrogen) atoms. The second-order valence-corrected chi connectivity index (χ2v) is 11.2. The van der Waals surface area contributed by atoms with Crippen molar-refractivity contribution in [3.05, 3.63) is 66.0 Å². The predicted molar refractivity (Wildman–Crippen MR) is 131 cm³/mol. The summed E-state index contributed by atoms with van der Waals surface area (Å²) in [6.07, 6.45) is 0. The maximum absolute atomic E-state index is 14.6. The van der Waals surface area contributed by atoms with Crippen molar-refractivity contribution in [2.75, 3.05) is 24.9 Å². The molecule has 1 atom stereocenters. The van der Waals surface area contributed by atoms with Gasteiger partial charge in [0.1, 0.15) is 18.4 Å². The van der Waals surface area contributed by atoms with Gasteiger partial charge in [0.05, 0.1) is 5.69 Å². The van der Waals surface area contributed by atoms with Gasteiger partial charge in [0.15, 0.2) is 0 Å². The van der Waals surface area contributed by atoms with Crippen LogP contribution in [0.15, 0.2) is 54.6 Å². The smallest absolute Gasteiger partial charge is 0.304 e. The van der Waals surface area contributed by atoms with E-state index in [-0.39, 0.29) is 18.1 Å². The van der Waals surface area contributed by atoms with Crippen molar-refractivity contribution in [1.29, 1.82) is 0 Å². The van der Waals surface area contributed by atoms with Gasteiger partial charge in [-0.05, 0) is 45.4 Å². The average molecular weight is 493 g/mol. The van der Waals surface area contributed by atoms with Crippen molar-refractivity contribution in [2.45, 2.75) is 45.8 Å². The largest absolute Gasteiger partial charge is 0.350 e. The number of hydrogen-bond donors (Lipinski definition) is 1. The third-order valence-corrected chi connectivity index (χ3v) is 6.81. The highest BCUT2D eigenvalue weighted by Gasteiger charge is 2.34. The van der Waals surface area contributed by atoms with Crippen molar-refractivity contribution >= 4 is 27.7 Å². The van der Waals surface area contributed by atoms with Crippen molar-refractivity contribution in [1.82, 2.24) is 14.5 Å². The van der Waals surface area contributed by atoms with Gasteiger partial charge in [0.2, 0.25) is 11.8 Å². The van der Waals surface area contributed by atoms with Crippen LogP contribution >= 0.6 is 0 Å². The highest BCUT2D eigenvalue weighted by atomic mass is 32.2. The molecule has 0 spiro atoms. The van der Waals surface area contributed by atoms with Crippen LogP contribution in [0.5, 0.6) is 0 Å². The summed E-state index contributed by atoms with van der Waals surface area (Å²) in [6, 6.07) is 13.5. The second kappa shape index (κ2) is 11.0. The first-order chi connectivity index (χ1) is 15.7. The summed E-state index contributed by atoms with van der Waals surface area (Å²) in [4.78, 5) is 27.7. The fourth-order valence-corrected chi connectivity index (χ4v) is 4.26. The van der Waals surface area contributed by atoms with Crippen LogP contribution in [-0.2, 0) is 26.3 Å². The molecule has 10 heteroatoms. The minimum absolute atomic E-state index is 0.0749. The fourth-order valence-electron chi connectivity index (χ4n) is 3.19. The van der Waals surface area contributed by atoms with Crippen LogP contribution in [-0.4, -0.2) is 61.7 Å². The zero-order valence-corrected chi connectivity index (χ0v) is 21.3. The van der Waals surface area contributed by atoms with Gasteiger partial charge < -0.3 is 10.2 Å². The Morgan fingerprint density at radius 1 is 1.00 bits per heavy atom. The quantitative estimate of drug-likeness (QED) is 0.583. The molecule has 2 amide bonds. The molecule has 2 rings (SSSR count). The molecule has 2 aromatic carbocycles. The molecule has 186 valence electrons. The Hall–Kier alpha value is -2.98. The van der Waals surface area contributed by atoms with E-state index < -0.39 is 40.1 Å². The molecule has 2 aromatic rings. The molecule has 0 fully saturated rings. The molecular formula is C24H33FN4O4S. The number of carbonyl (C=O) groups is 2. The van der Waals surface area contributed by atoms with E-state index in [1.165, 1.54) is 37.2 Å². The molecule has 0 radical (unpaired) electrons. The normalized spacial score (nSPS) is 12.8. The molecule has 0 bridgehead atoms. The van der Waals surface area contributed by atoms with E-state index in [1.54, 1.807) is 31.2 Å². The van der Waals surface area contributed by atoms with E-state index in [1.807, 2.05) is 26.8 Å².